The first-order chi connectivity index (χ1) is 11.1. The van der Waals surface area contributed by atoms with E-state index >= 15 is 0 Å². The molecule has 2 heterocycles. The minimum absolute atomic E-state index is 0.255. The SMILES string of the molecule is CC1CCc2ccccc2C1Nc1ncnc2c1c(Br)nn2C. The highest BCUT2D eigenvalue weighted by Crippen LogP contribution is 2.38. The Bertz CT molecular complexity index is 873. The molecule has 6 heteroatoms. The molecule has 1 aliphatic carbocycles. The predicted molar refractivity (Wildman–Crippen MR) is 94.3 cm³/mol. The number of nitrogens with zero attached hydrogens (tertiary/aromatic N) is 4. The molecule has 0 bridgehead atoms. The lowest BCUT2D eigenvalue weighted by molar-refractivity contribution is 0.433. The van der Waals surface area contributed by atoms with Crippen molar-refractivity contribution in [3.63, 3.8) is 0 Å². The molecule has 2 atom stereocenters. The van der Waals surface area contributed by atoms with Crippen LogP contribution in [0.1, 0.15) is 30.5 Å². The molecule has 0 saturated heterocycles. The molecule has 0 aliphatic heterocycles. The fourth-order valence-corrected chi connectivity index (χ4v) is 4.04. The molecule has 0 amide bonds. The molecule has 2 unspecified atom stereocenters. The zero-order chi connectivity index (χ0) is 16.0. The number of fused-ring (bicyclic) bond motifs is 2. The highest BCUT2D eigenvalue weighted by Gasteiger charge is 2.27. The van der Waals surface area contributed by atoms with Gasteiger partial charge in [0.15, 0.2) is 5.65 Å². The Labute approximate surface area is 143 Å². The standard InChI is InChI=1S/C17H18BrN5/c1-10-7-8-11-5-3-4-6-12(11)14(10)21-16-13-15(18)22-23(2)17(13)20-9-19-16/h3-6,9-10,14H,7-8H2,1-2H3,(H,19,20,21). The van der Waals surface area contributed by atoms with Gasteiger partial charge in [0.2, 0.25) is 0 Å². The number of aryl methyl sites for hydroxylation is 2. The zero-order valence-electron chi connectivity index (χ0n) is 13.1. The highest BCUT2D eigenvalue weighted by atomic mass is 79.9. The molecule has 0 radical (unpaired) electrons. The third-order valence-corrected chi connectivity index (χ3v) is 5.25. The van der Waals surface area contributed by atoms with Crippen molar-refractivity contribution >= 4 is 32.8 Å². The van der Waals surface area contributed by atoms with Gasteiger partial charge in [-0.1, -0.05) is 31.2 Å². The number of anilines is 1. The summed E-state index contributed by atoms with van der Waals surface area (Å²) < 4.78 is 2.54. The molecule has 5 nitrogen and oxygen atoms in total. The molecule has 0 fully saturated rings. The fraction of sp³-hybridized carbons (Fsp3) is 0.353. The Morgan fingerprint density at radius 2 is 2.09 bits per heavy atom. The number of halogens is 1. The lowest BCUT2D eigenvalue weighted by Gasteiger charge is -2.32. The first-order valence-electron chi connectivity index (χ1n) is 7.82. The van der Waals surface area contributed by atoms with Gasteiger partial charge in [0.05, 0.1) is 11.4 Å². The van der Waals surface area contributed by atoms with Crippen LogP contribution in [0.25, 0.3) is 11.0 Å². The molecule has 1 aliphatic rings. The van der Waals surface area contributed by atoms with E-state index in [1.807, 2.05) is 7.05 Å². The maximum atomic E-state index is 4.48. The van der Waals surface area contributed by atoms with Crippen molar-refractivity contribution in [2.75, 3.05) is 5.32 Å². The molecule has 23 heavy (non-hydrogen) atoms. The number of rotatable bonds is 2. The summed E-state index contributed by atoms with van der Waals surface area (Å²) in [7, 11) is 1.89. The van der Waals surface area contributed by atoms with Crippen molar-refractivity contribution in [2.24, 2.45) is 13.0 Å². The average molecular weight is 372 g/mol. The van der Waals surface area contributed by atoms with Crippen LogP contribution in [-0.2, 0) is 13.5 Å². The molecule has 1 aromatic carbocycles. The molecule has 3 aromatic rings. The van der Waals surface area contributed by atoms with E-state index in [-0.39, 0.29) is 6.04 Å². The third kappa shape index (κ3) is 2.41. The fourth-order valence-electron chi connectivity index (χ4n) is 3.44. The van der Waals surface area contributed by atoms with Crippen LogP contribution < -0.4 is 5.32 Å². The maximum Gasteiger partial charge on any atom is 0.164 e. The van der Waals surface area contributed by atoms with Crippen molar-refractivity contribution in [1.29, 1.82) is 0 Å². The van der Waals surface area contributed by atoms with Crippen molar-refractivity contribution in [1.82, 2.24) is 19.7 Å². The second kappa shape index (κ2) is 5.60. The van der Waals surface area contributed by atoms with Gasteiger partial charge in [0, 0.05) is 7.05 Å². The van der Waals surface area contributed by atoms with Crippen molar-refractivity contribution in [3.8, 4) is 0 Å². The number of benzene rings is 1. The predicted octanol–water partition coefficient (Wildman–Crippen LogP) is 3.86. The van der Waals surface area contributed by atoms with Gasteiger partial charge in [-0.25, -0.2) is 14.6 Å². The second-order valence-corrected chi connectivity index (χ2v) is 6.92. The summed E-state index contributed by atoms with van der Waals surface area (Å²) in [5, 5.41) is 8.98. The Morgan fingerprint density at radius 1 is 1.26 bits per heavy atom. The van der Waals surface area contributed by atoms with Gasteiger partial charge in [-0.15, -0.1) is 0 Å². The van der Waals surface area contributed by atoms with E-state index in [0.717, 1.165) is 27.9 Å². The van der Waals surface area contributed by atoms with Gasteiger partial charge in [-0.3, -0.25) is 0 Å². The number of aromatic nitrogens is 4. The molecule has 0 spiro atoms. The molecule has 4 rings (SSSR count). The van der Waals surface area contributed by atoms with E-state index in [1.165, 1.54) is 17.5 Å². The molecule has 2 aromatic heterocycles. The first kappa shape index (κ1) is 14.6. The van der Waals surface area contributed by atoms with Crippen molar-refractivity contribution < 1.29 is 0 Å². The summed E-state index contributed by atoms with van der Waals surface area (Å²) in [4.78, 5) is 8.81. The smallest absolute Gasteiger partial charge is 0.164 e. The molecule has 1 N–H and O–H groups in total. The highest BCUT2D eigenvalue weighted by molar-refractivity contribution is 9.10. The number of hydrogen-bond acceptors (Lipinski definition) is 4. The van der Waals surface area contributed by atoms with Gasteiger partial charge in [0.25, 0.3) is 0 Å². The lowest BCUT2D eigenvalue weighted by Crippen LogP contribution is -2.25. The van der Waals surface area contributed by atoms with Gasteiger partial charge in [0.1, 0.15) is 16.7 Å². The summed E-state index contributed by atoms with van der Waals surface area (Å²) in [5.41, 5.74) is 3.63. The summed E-state index contributed by atoms with van der Waals surface area (Å²) in [5.74, 6) is 1.38. The topological polar surface area (TPSA) is 55.6 Å². The van der Waals surface area contributed by atoms with Crippen LogP contribution in [0.4, 0.5) is 5.82 Å². The van der Waals surface area contributed by atoms with Gasteiger partial charge in [-0.05, 0) is 45.8 Å². The Hall–Kier alpha value is -1.95. The summed E-state index contributed by atoms with van der Waals surface area (Å²) in [6.07, 6.45) is 3.92. The average Bonchev–Trinajstić information content (AvgIpc) is 2.86. The van der Waals surface area contributed by atoms with Crippen molar-refractivity contribution in [3.05, 3.63) is 46.3 Å². The molecule has 0 saturated carbocycles. The van der Waals surface area contributed by atoms with Crippen LogP contribution in [0, 0.1) is 5.92 Å². The molecule has 118 valence electrons. The Balaban J connectivity index is 1.79. The van der Waals surface area contributed by atoms with Gasteiger partial charge in [-0.2, -0.15) is 5.10 Å². The van der Waals surface area contributed by atoms with E-state index in [9.17, 15) is 0 Å². The second-order valence-electron chi connectivity index (χ2n) is 6.17. The van der Waals surface area contributed by atoms with E-state index < -0.39 is 0 Å². The Morgan fingerprint density at radius 3 is 2.96 bits per heavy atom. The van der Waals surface area contributed by atoms with E-state index in [0.29, 0.717) is 5.92 Å². The van der Waals surface area contributed by atoms with Crippen molar-refractivity contribution in [2.45, 2.75) is 25.8 Å². The summed E-state index contributed by atoms with van der Waals surface area (Å²) in [6.45, 7) is 2.30. The zero-order valence-corrected chi connectivity index (χ0v) is 14.7. The Kier molecular flexibility index (Phi) is 3.56. The number of hydrogen-bond donors (Lipinski definition) is 1. The monoisotopic (exact) mass is 371 g/mol. The van der Waals surface area contributed by atoms with E-state index in [1.54, 1.807) is 11.0 Å². The summed E-state index contributed by atoms with van der Waals surface area (Å²) in [6, 6.07) is 8.93. The summed E-state index contributed by atoms with van der Waals surface area (Å²) >= 11 is 3.53. The van der Waals surface area contributed by atoms with Gasteiger partial charge >= 0.3 is 0 Å². The van der Waals surface area contributed by atoms with Crippen LogP contribution in [-0.4, -0.2) is 19.7 Å². The first-order valence-corrected chi connectivity index (χ1v) is 8.62. The maximum absolute atomic E-state index is 4.48. The quantitative estimate of drug-likeness (QED) is 0.742. The molecular formula is C17H18BrN5. The largest absolute Gasteiger partial charge is 0.362 e. The minimum atomic E-state index is 0.255. The minimum Gasteiger partial charge on any atom is -0.362 e. The van der Waals surface area contributed by atoms with Crippen LogP contribution in [0.2, 0.25) is 0 Å². The molecular weight excluding hydrogens is 354 g/mol. The van der Waals surface area contributed by atoms with Crippen LogP contribution in [0.15, 0.2) is 35.2 Å². The van der Waals surface area contributed by atoms with Crippen LogP contribution in [0.3, 0.4) is 0 Å². The van der Waals surface area contributed by atoms with E-state index in [2.05, 4.69) is 67.5 Å². The normalized spacial score (nSPS) is 20.5. The number of nitrogens with one attached hydrogen (secondary N) is 1. The third-order valence-electron chi connectivity index (χ3n) is 4.70. The van der Waals surface area contributed by atoms with Crippen LogP contribution in [0.5, 0.6) is 0 Å². The van der Waals surface area contributed by atoms with E-state index in [4.69, 9.17) is 0 Å². The van der Waals surface area contributed by atoms with Gasteiger partial charge < -0.3 is 5.32 Å². The lowest BCUT2D eigenvalue weighted by atomic mass is 9.80. The van der Waals surface area contributed by atoms with Crippen LogP contribution >= 0.6 is 15.9 Å².